The van der Waals surface area contributed by atoms with Gasteiger partial charge in [-0.25, -0.2) is 8.78 Å². The van der Waals surface area contributed by atoms with Crippen LogP contribution in [0.1, 0.15) is 19.8 Å². The highest BCUT2D eigenvalue weighted by Crippen LogP contribution is 2.16. The van der Waals surface area contributed by atoms with Crippen LogP contribution in [0.25, 0.3) is 0 Å². The minimum absolute atomic E-state index is 0.102. The van der Waals surface area contributed by atoms with Gasteiger partial charge in [0.1, 0.15) is 17.4 Å². The van der Waals surface area contributed by atoms with Crippen LogP contribution in [-0.2, 0) is 4.79 Å². The maximum atomic E-state index is 12.8. The van der Waals surface area contributed by atoms with Crippen LogP contribution in [0.4, 0.5) is 8.78 Å². The lowest BCUT2D eigenvalue weighted by atomic mass is 9.97. The standard InChI is InChI=1S/C12H16F2N2O2/c1-12(16,11(15)17)3-2-4-18-10-6-8(13)5-9(14)7-10/h5-7H,2-4,16H2,1H3,(H2,15,17). The van der Waals surface area contributed by atoms with Gasteiger partial charge in [0.05, 0.1) is 12.1 Å². The number of hydrogen-bond acceptors (Lipinski definition) is 3. The lowest BCUT2D eigenvalue weighted by molar-refractivity contribution is -0.122. The molecule has 0 fully saturated rings. The van der Waals surface area contributed by atoms with Gasteiger partial charge in [0.25, 0.3) is 0 Å². The molecule has 1 unspecified atom stereocenters. The average Bonchev–Trinajstić information content (AvgIpc) is 2.23. The van der Waals surface area contributed by atoms with Crippen LogP contribution in [0.5, 0.6) is 5.75 Å². The van der Waals surface area contributed by atoms with Crippen LogP contribution in [0.3, 0.4) is 0 Å². The predicted molar refractivity (Wildman–Crippen MR) is 62.9 cm³/mol. The normalized spacial score (nSPS) is 14.0. The molecule has 0 bridgehead atoms. The number of rotatable bonds is 6. The van der Waals surface area contributed by atoms with E-state index in [-0.39, 0.29) is 12.4 Å². The molecule has 18 heavy (non-hydrogen) atoms. The van der Waals surface area contributed by atoms with Crippen LogP contribution >= 0.6 is 0 Å². The summed E-state index contributed by atoms with van der Waals surface area (Å²) in [7, 11) is 0. The molecule has 0 radical (unpaired) electrons. The van der Waals surface area contributed by atoms with Crippen molar-refractivity contribution in [2.75, 3.05) is 6.61 Å². The Morgan fingerprint density at radius 3 is 2.39 bits per heavy atom. The summed E-state index contributed by atoms with van der Waals surface area (Å²) in [5.74, 6) is -1.90. The van der Waals surface area contributed by atoms with E-state index in [9.17, 15) is 13.6 Å². The Hall–Kier alpha value is -1.69. The van der Waals surface area contributed by atoms with Gasteiger partial charge >= 0.3 is 0 Å². The number of primary amides is 1. The molecule has 0 aliphatic rings. The third-order valence-corrected chi connectivity index (χ3v) is 2.51. The fraction of sp³-hybridized carbons (Fsp3) is 0.417. The fourth-order valence-corrected chi connectivity index (χ4v) is 1.36. The van der Waals surface area contributed by atoms with Gasteiger partial charge in [-0.15, -0.1) is 0 Å². The van der Waals surface area contributed by atoms with E-state index in [1.807, 2.05) is 0 Å². The molecule has 0 aliphatic carbocycles. The summed E-state index contributed by atoms with van der Waals surface area (Å²) in [6.07, 6.45) is 0.786. The van der Waals surface area contributed by atoms with E-state index >= 15 is 0 Å². The summed E-state index contributed by atoms with van der Waals surface area (Å²) in [5, 5.41) is 0. The lowest BCUT2D eigenvalue weighted by Gasteiger charge is -2.20. The highest BCUT2D eigenvalue weighted by molar-refractivity contribution is 5.83. The molecule has 4 N–H and O–H groups in total. The largest absolute Gasteiger partial charge is 0.493 e. The van der Waals surface area contributed by atoms with Crippen LogP contribution < -0.4 is 16.2 Å². The Morgan fingerprint density at radius 1 is 1.33 bits per heavy atom. The van der Waals surface area contributed by atoms with Crippen molar-refractivity contribution in [1.29, 1.82) is 0 Å². The second-order valence-corrected chi connectivity index (χ2v) is 4.34. The van der Waals surface area contributed by atoms with Crippen molar-refractivity contribution in [3.63, 3.8) is 0 Å². The van der Waals surface area contributed by atoms with E-state index in [0.29, 0.717) is 12.8 Å². The SMILES string of the molecule is CC(N)(CCCOc1cc(F)cc(F)c1)C(N)=O. The average molecular weight is 258 g/mol. The van der Waals surface area contributed by atoms with Gasteiger partial charge in [0.15, 0.2) is 0 Å². The molecule has 0 aromatic heterocycles. The third-order valence-electron chi connectivity index (χ3n) is 2.51. The molecule has 1 atom stereocenters. The molecule has 0 spiro atoms. The first-order chi connectivity index (χ1) is 8.31. The van der Waals surface area contributed by atoms with Crippen molar-refractivity contribution in [2.45, 2.75) is 25.3 Å². The van der Waals surface area contributed by atoms with E-state index in [0.717, 1.165) is 18.2 Å². The summed E-state index contributed by atoms with van der Waals surface area (Å²) >= 11 is 0. The van der Waals surface area contributed by atoms with Crippen molar-refractivity contribution in [3.8, 4) is 5.75 Å². The molecular weight excluding hydrogens is 242 g/mol. The van der Waals surface area contributed by atoms with Crippen molar-refractivity contribution >= 4 is 5.91 Å². The molecule has 1 aromatic rings. The molecule has 0 saturated carbocycles. The number of ether oxygens (including phenoxy) is 1. The van der Waals surface area contributed by atoms with E-state index < -0.39 is 23.1 Å². The zero-order valence-corrected chi connectivity index (χ0v) is 10.1. The van der Waals surface area contributed by atoms with Crippen molar-refractivity contribution < 1.29 is 18.3 Å². The number of hydrogen-bond donors (Lipinski definition) is 2. The van der Waals surface area contributed by atoms with Crippen molar-refractivity contribution in [1.82, 2.24) is 0 Å². The Labute approximate surface area is 104 Å². The predicted octanol–water partition coefficient (Wildman–Crippen LogP) is 1.33. The van der Waals surface area contributed by atoms with E-state index in [4.69, 9.17) is 16.2 Å². The second kappa shape index (κ2) is 5.77. The number of halogens is 2. The number of nitrogens with two attached hydrogens (primary N) is 2. The summed E-state index contributed by atoms with van der Waals surface area (Å²) < 4.78 is 30.8. The van der Waals surface area contributed by atoms with Gasteiger partial charge in [0.2, 0.25) is 5.91 Å². The Morgan fingerprint density at radius 2 is 1.89 bits per heavy atom. The van der Waals surface area contributed by atoms with Crippen LogP contribution in [0, 0.1) is 11.6 Å². The molecule has 1 aromatic carbocycles. The minimum atomic E-state index is -1.10. The monoisotopic (exact) mass is 258 g/mol. The highest BCUT2D eigenvalue weighted by Gasteiger charge is 2.24. The molecule has 1 amide bonds. The molecule has 0 aliphatic heterocycles. The zero-order valence-electron chi connectivity index (χ0n) is 10.1. The third kappa shape index (κ3) is 4.29. The maximum absolute atomic E-state index is 12.8. The molecule has 4 nitrogen and oxygen atoms in total. The zero-order chi connectivity index (χ0) is 13.8. The van der Waals surface area contributed by atoms with E-state index in [1.54, 1.807) is 0 Å². The number of carbonyl (C=O) groups excluding carboxylic acids is 1. The van der Waals surface area contributed by atoms with Crippen LogP contribution in [0.15, 0.2) is 18.2 Å². The van der Waals surface area contributed by atoms with Crippen molar-refractivity contribution in [3.05, 3.63) is 29.8 Å². The quantitative estimate of drug-likeness (QED) is 0.755. The summed E-state index contributed by atoms with van der Waals surface area (Å²) in [4.78, 5) is 10.9. The molecule has 0 saturated heterocycles. The first-order valence-corrected chi connectivity index (χ1v) is 5.49. The minimum Gasteiger partial charge on any atom is -0.493 e. The molecule has 6 heteroatoms. The second-order valence-electron chi connectivity index (χ2n) is 4.34. The molecule has 0 heterocycles. The van der Waals surface area contributed by atoms with Crippen molar-refractivity contribution in [2.24, 2.45) is 11.5 Å². The van der Waals surface area contributed by atoms with Gasteiger partial charge in [0, 0.05) is 18.2 Å². The summed E-state index contributed by atoms with van der Waals surface area (Å²) in [6.45, 7) is 1.72. The van der Waals surface area contributed by atoms with Crippen LogP contribution in [-0.4, -0.2) is 18.1 Å². The van der Waals surface area contributed by atoms with Gasteiger partial charge in [-0.3, -0.25) is 4.79 Å². The van der Waals surface area contributed by atoms with Gasteiger partial charge in [-0.1, -0.05) is 0 Å². The molecule has 100 valence electrons. The van der Waals surface area contributed by atoms with E-state index in [1.165, 1.54) is 6.92 Å². The number of benzene rings is 1. The number of amides is 1. The Kier molecular flexibility index (Phi) is 4.61. The topological polar surface area (TPSA) is 78.3 Å². The Bertz CT molecular complexity index is 416. The molecule has 1 rings (SSSR count). The maximum Gasteiger partial charge on any atom is 0.237 e. The summed E-state index contributed by atoms with van der Waals surface area (Å²) in [6, 6.07) is 2.93. The first-order valence-electron chi connectivity index (χ1n) is 5.49. The Balaban J connectivity index is 2.40. The lowest BCUT2D eigenvalue weighted by Crippen LogP contribution is -2.49. The highest BCUT2D eigenvalue weighted by atomic mass is 19.1. The number of carbonyl (C=O) groups is 1. The summed E-state index contributed by atoms with van der Waals surface area (Å²) in [5.41, 5.74) is 9.64. The molecular formula is C12H16F2N2O2. The smallest absolute Gasteiger partial charge is 0.237 e. The fourth-order valence-electron chi connectivity index (χ4n) is 1.36. The van der Waals surface area contributed by atoms with Gasteiger partial charge < -0.3 is 16.2 Å². The first kappa shape index (κ1) is 14.4. The van der Waals surface area contributed by atoms with Crippen LogP contribution in [0.2, 0.25) is 0 Å². The van der Waals surface area contributed by atoms with E-state index in [2.05, 4.69) is 0 Å². The van der Waals surface area contributed by atoms with Gasteiger partial charge in [-0.2, -0.15) is 0 Å². The van der Waals surface area contributed by atoms with Gasteiger partial charge in [-0.05, 0) is 19.8 Å².